The molecule has 0 aromatic heterocycles. The standard InChI is InChI=1S/C28H38F2O10S.C18H15S/c1-15(4-7-23(34)39-13-24(35)40-14-28(29,30)41(36,37)38)18-5-6-19-25-20(12-22(33)27(18,19)3)26(2)9-8-17(31)10-16(26)11-21(25)32;1-4-10-16(11-5-1)19(17-12-6-2-7-13-17)18-14-8-3-9-15-18/h15-16,18-20,25H,4-14H2,1-3H3,(H,36,37,38);1-15H/q;+1/p-1/t15-,16+,18-,19+,20+,25+,26+,27-;/m1./s1. The van der Waals surface area contributed by atoms with E-state index in [0.717, 1.165) is 12.8 Å². The van der Waals surface area contributed by atoms with Crippen LogP contribution in [0.25, 0.3) is 0 Å². The lowest BCUT2D eigenvalue weighted by Gasteiger charge is -2.58. The molecule has 322 valence electrons. The smallest absolute Gasteiger partial charge is 0.367 e. The van der Waals surface area contributed by atoms with Crippen molar-refractivity contribution in [1.29, 1.82) is 0 Å². The summed E-state index contributed by atoms with van der Waals surface area (Å²) < 4.78 is 66.4. The highest BCUT2D eigenvalue weighted by molar-refractivity contribution is 7.97. The fourth-order valence-electron chi connectivity index (χ4n) is 10.5. The summed E-state index contributed by atoms with van der Waals surface area (Å²) in [6.45, 7) is 3.02. The van der Waals surface area contributed by atoms with Crippen molar-refractivity contribution in [3.63, 3.8) is 0 Å². The van der Waals surface area contributed by atoms with Crippen LogP contribution in [0.1, 0.15) is 78.6 Å². The number of ether oxygens (including phenoxy) is 2. The number of Topliss-reactive ketones (excluding diaryl/α,β-unsaturated/α-hetero) is 3. The molecule has 0 amide bonds. The van der Waals surface area contributed by atoms with Gasteiger partial charge in [-0.2, -0.15) is 8.78 Å². The van der Waals surface area contributed by atoms with Crippen LogP contribution in [0.2, 0.25) is 0 Å². The van der Waals surface area contributed by atoms with Crippen molar-refractivity contribution in [2.24, 2.45) is 46.3 Å². The summed E-state index contributed by atoms with van der Waals surface area (Å²) in [6.07, 6.45) is 3.94. The Hall–Kier alpha value is -4.27. The molecule has 0 N–H and O–H groups in total. The number of benzene rings is 3. The molecule has 0 bridgehead atoms. The van der Waals surface area contributed by atoms with Crippen LogP contribution in [0.4, 0.5) is 8.78 Å². The number of halogens is 2. The van der Waals surface area contributed by atoms with Gasteiger partial charge in [0.1, 0.15) is 17.3 Å². The van der Waals surface area contributed by atoms with Crippen molar-refractivity contribution in [2.75, 3.05) is 13.2 Å². The Kier molecular flexibility index (Phi) is 13.9. The summed E-state index contributed by atoms with van der Waals surface area (Å²) >= 11 is 0. The minimum Gasteiger partial charge on any atom is -0.743 e. The average molecular weight is 867 g/mol. The highest BCUT2D eigenvalue weighted by Crippen LogP contribution is 2.66. The second-order valence-electron chi connectivity index (χ2n) is 17.1. The van der Waals surface area contributed by atoms with Gasteiger partial charge in [0.05, 0.1) is 10.9 Å². The van der Waals surface area contributed by atoms with E-state index in [9.17, 15) is 45.7 Å². The molecule has 4 aliphatic carbocycles. The van der Waals surface area contributed by atoms with Gasteiger partial charge in [-0.05, 0) is 97.1 Å². The first-order chi connectivity index (χ1) is 28.4. The molecule has 8 atom stereocenters. The zero-order chi connectivity index (χ0) is 43.5. The van der Waals surface area contributed by atoms with Gasteiger partial charge in [-0.15, -0.1) is 0 Å². The van der Waals surface area contributed by atoms with Crippen molar-refractivity contribution in [3.8, 4) is 0 Å². The molecule has 4 saturated carbocycles. The number of ketones is 3. The van der Waals surface area contributed by atoms with Crippen molar-refractivity contribution in [3.05, 3.63) is 91.0 Å². The minimum absolute atomic E-state index is 0.00899. The van der Waals surface area contributed by atoms with E-state index in [0.29, 0.717) is 38.5 Å². The fraction of sp³-hybridized carbons (Fsp3) is 0.500. The first-order valence-electron chi connectivity index (χ1n) is 20.5. The second-order valence-corrected chi connectivity index (χ2v) is 20.7. The van der Waals surface area contributed by atoms with Crippen LogP contribution < -0.4 is 0 Å². The monoisotopic (exact) mass is 866 g/mol. The molecule has 7 rings (SSSR count). The Morgan fingerprint density at radius 3 is 1.90 bits per heavy atom. The number of carbonyl (C=O) groups is 5. The first-order valence-corrected chi connectivity index (χ1v) is 23.1. The summed E-state index contributed by atoms with van der Waals surface area (Å²) in [4.78, 5) is 67.3. The van der Waals surface area contributed by atoms with Gasteiger partial charge in [-0.1, -0.05) is 75.4 Å². The predicted molar refractivity (Wildman–Crippen MR) is 217 cm³/mol. The van der Waals surface area contributed by atoms with Crippen LogP contribution >= 0.6 is 0 Å². The van der Waals surface area contributed by atoms with Gasteiger partial charge >= 0.3 is 17.2 Å². The van der Waals surface area contributed by atoms with E-state index in [1.807, 2.05) is 13.8 Å². The minimum atomic E-state index is -6.02. The molecular formula is C46H52F2O10S2. The third kappa shape index (κ3) is 9.45. The maximum Gasteiger partial charge on any atom is 0.367 e. The number of hydrogen-bond acceptors (Lipinski definition) is 10. The van der Waals surface area contributed by atoms with Crippen LogP contribution in [0.5, 0.6) is 0 Å². The Morgan fingerprint density at radius 1 is 0.817 bits per heavy atom. The normalized spacial score (nSPS) is 28.1. The van der Waals surface area contributed by atoms with E-state index in [2.05, 4.69) is 103 Å². The molecular weight excluding hydrogens is 815 g/mol. The fourth-order valence-corrected chi connectivity index (χ4v) is 12.8. The summed E-state index contributed by atoms with van der Waals surface area (Å²) in [5.74, 6) is -2.31. The SMILES string of the molecule is C[C@H](CCC(=O)OCC(=O)OCC(F)(F)S(=O)(=O)[O-])[C@H]1CC[C@H]2[C@@H]3C(=O)C[C@@H]4CC(=O)CC[C@]4(C)[C@H]3CC(=O)[C@]12C.c1ccc([S+](c2ccccc2)c2ccccc2)cc1. The topological polar surface area (TPSA) is 161 Å². The number of esters is 2. The summed E-state index contributed by atoms with van der Waals surface area (Å²) in [6, 6.07) is 32.2. The number of rotatable bonds is 12. The van der Waals surface area contributed by atoms with Crippen molar-refractivity contribution in [1.82, 2.24) is 0 Å². The number of alkyl halides is 2. The van der Waals surface area contributed by atoms with E-state index in [-0.39, 0.29) is 75.6 Å². The van der Waals surface area contributed by atoms with Crippen molar-refractivity contribution < 1.29 is 55.2 Å². The van der Waals surface area contributed by atoms with Crippen molar-refractivity contribution in [2.45, 2.75) is 98.5 Å². The molecule has 4 aliphatic rings. The molecule has 60 heavy (non-hydrogen) atoms. The summed E-state index contributed by atoms with van der Waals surface area (Å²) in [5, 5.41) is -4.80. The third-order valence-electron chi connectivity index (χ3n) is 13.8. The zero-order valence-electron chi connectivity index (χ0n) is 34.1. The predicted octanol–water partition coefficient (Wildman–Crippen LogP) is 8.00. The summed E-state index contributed by atoms with van der Waals surface area (Å²) in [5.41, 5.74) is -0.929. The van der Waals surface area contributed by atoms with Crippen LogP contribution in [-0.2, 0) is 54.5 Å². The molecule has 10 nitrogen and oxygen atoms in total. The maximum absolute atomic E-state index is 13.8. The average Bonchev–Trinajstić information content (AvgIpc) is 3.59. The van der Waals surface area contributed by atoms with Gasteiger partial charge in [0.25, 0.3) is 0 Å². The molecule has 0 heterocycles. The summed E-state index contributed by atoms with van der Waals surface area (Å²) in [7, 11) is -6.03. The Bertz CT molecular complexity index is 2060. The Labute approximate surface area is 353 Å². The zero-order valence-corrected chi connectivity index (χ0v) is 35.7. The van der Waals surface area contributed by atoms with E-state index < -0.39 is 45.9 Å². The molecule has 0 saturated heterocycles. The van der Waals surface area contributed by atoms with Crippen LogP contribution in [0, 0.1) is 46.3 Å². The molecule has 0 spiro atoms. The number of fused-ring (bicyclic) bond motifs is 5. The molecule has 3 aromatic carbocycles. The first kappa shape index (κ1) is 45.3. The Morgan fingerprint density at radius 2 is 1.37 bits per heavy atom. The van der Waals surface area contributed by atoms with E-state index in [1.54, 1.807) is 0 Å². The van der Waals surface area contributed by atoms with Gasteiger partial charge in [0.15, 0.2) is 38.0 Å². The maximum atomic E-state index is 13.8. The molecule has 4 fully saturated rings. The van der Waals surface area contributed by atoms with Gasteiger partial charge < -0.3 is 14.0 Å². The van der Waals surface area contributed by atoms with Crippen LogP contribution in [-0.4, -0.2) is 60.7 Å². The molecule has 14 heteroatoms. The molecule has 0 radical (unpaired) electrons. The lowest BCUT2D eigenvalue weighted by Crippen LogP contribution is -2.60. The quantitative estimate of drug-likeness (QED) is 0.0992. The highest BCUT2D eigenvalue weighted by Gasteiger charge is 2.66. The van der Waals surface area contributed by atoms with Crippen molar-refractivity contribution >= 4 is 50.3 Å². The van der Waals surface area contributed by atoms with Crippen LogP contribution in [0.3, 0.4) is 0 Å². The third-order valence-corrected chi connectivity index (χ3v) is 16.8. The van der Waals surface area contributed by atoms with Gasteiger partial charge in [0.2, 0.25) is 0 Å². The lowest BCUT2D eigenvalue weighted by molar-refractivity contribution is -0.167. The number of carbonyl (C=O) groups excluding carboxylic acids is 5. The second kappa shape index (κ2) is 18.4. The van der Waals surface area contributed by atoms with Gasteiger partial charge in [-0.3, -0.25) is 19.2 Å². The Balaban J connectivity index is 0.000000263. The van der Waals surface area contributed by atoms with Gasteiger partial charge in [0, 0.05) is 43.4 Å². The number of hydrogen-bond donors (Lipinski definition) is 0. The largest absolute Gasteiger partial charge is 0.743 e. The van der Waals surface area contributed by atoms with E-state index in [1.165, 1.54) is 14.7 Å². The van der Waals surface area contributed by atoms with E-state index in [4.69, 9.17) is 4.74 Å². The lowest BCUT2D eigenvalue weighted by atomic mass is 9.44. The highest BCUT2D eigenvalue weighted by atomic mass is 32.2. The molecule has 0 unspecified atom stereocenters. The molecule has 0 aliphatic heterocycles. The van der Waals surface area contributed by atoms with E-state index >= 15 is 0 Å². The molecule has 3 aromatic rings. The van der Waals surface area contributed by atoms with Gasteiger partial charge in [-0.25, -0.2) is 13.2 Å². The van der Waals surface area contributed by atoms with Crippen LogP contribution in [0.15, 0.2) is 106 Å².